The highest BCUT2D eigenvalue weighted by molar-refractivity contribution is 5.44. The van der Waals surface area contributed by atoms with E-state index in [0.717, 1.165) is 24.3 Å². The standard InChI is InChI=1S/C10H12O2.C7H12.3C2H6.CH3F/c1-2-3-8-4-5-9-10(6-8)12-7-11-9;1-3-5-7-6-4-2;4*1-2/h4-6H,2-3,7H2,1H3;1H,4-7H2,2H3;3*1-2H3;1H3. The van der Waals surface area contributed by atoms with Crippen LogP contribution in [0.25, 0.3) is 0 Å². The summed E-state index contributed by atoms with van der Waals surface area (Å²) in [7, 11) is 0.500. The third-order valence-electron chi connectivity index (χ3n) is 2.90. The van der Waals surface area contributed by atoms with Crippen molar-refractivity contribution in [2.45, 2.75) is 93.9 Å². The summed E-state index contributed by atoms with van der Waals surface area (Å²) in [6.07, 6.45) is 12.0. The number of alkyl halides is 1. The van der Waals surface area contributed by atoms with Gasteiger partial charge in [0.2, 0.25) is 6.79 Å². The lowest BCUT2D eigenvalue weighted by Crippen LogP contribution is -1.92. The van der Waals surface area contributed by atoms with Crippen LogP contribution in [0.3, 0.4) is 0 Å². The molecule has 0 aliphatic carbocycles. The summed E-state index contributed by atoms with van der Waals surface area (Å²) >= 11 is 0. The molecule has 3 heteroatoms. The molecule has 160 valence electrons. The minimum absolute atomic E-state index is 0.366. The molecule has 0 aromatic heterocycles. The van der Waals surface area contributed by atoms with E-state index in [-0.39, 0.29) is 0 Å². The first kappa shape index (κ1) is 32.9. The van der Waals surface area contributed by atoms with Crippen LogP contribution in [0.1, 0.15) is 93.1 Å². The van der Waals surface area contributed by atoms with Crippen molar-refractivity contribution in [2.75, 3.05) is 14.0 Å². The minimum atomic E-state index is 0.366. The molecule has 1 aromatic rings. The Bertz CT molecular complexity index is 411. The first-order valence-corrected chi connectivity index (χ1v) is 10.5. The Kier molecular flexibility index (Phi) is 39.1. The fraction of sp³-hybridized carbons (Fsp3) is 0.667. The van der Waals surface area contributed by atoms with E-state index in [1.807, 2.05) is 47.6 Å². The van der Waals surface area contributed by atoms with Gasteiger partial charge in [-0.15, -0.1) is 12.3 Å². The molecule has 0 spiro atoms. The van der Waals surface area contributed by atoms with Gasteiger partial charge in [0.1, 0.15) is 0 Å². The number of rotatable bonds is 5. The van der Waals surface area contributed by atoms with Gasteiger partial charge in [-0.05, 0) is 30.5 Å². The van der Waals surface area contributed by atoms with Crippen LogP contribution >= 0.6 is 0 Å². The second-order valence-electron chi connectivity index (χ2n) is 4.60. The van der Waals surface area contributed by atoms with Crippen LogP contribution in [0.15, 0.2) is 18.2 Å². The summed E-state index contributed by atoms with van der Waals surface area (Å²) in [5.74, 6) is 4.36. The van der Waals surface area contributed by atoms with Crippen LogP contribution in [0.5, 0.6) is 11.5 Å². The Balaban J connectivity index is -0.000000153. The Labute approximate surface area is 169 Å². The maximum Gasteiger partial charge on any atom is 0.231 e. The molecule has 0 fully saturated rings. The number of terminal acetylenes is 1. The average Bonchev–Trinajstić information content (AvgIpc) is 3.23. The molecule has 0 N–H and O–H groups in total. The normalized spacial score (nSPS) is 8.93. The highest BCUT2D eigenvalue weighted by atomic mass is 19.1. The smallest absolute Gasteiger partial charge is 0.231 e. The second kappa shape index (κ2) is 32.0. The zero-order chi connectivity index (χ0) is 21.9. The summed E-state index contributed by atoms with van der Waals surface area (Å²) in [4.78, 5) is 0. The summed E-state index contributed by atoms with van der Waals surface area (Å²) < 4.78 is 20.0. The predicted octanol–water partition coefficient (Wildman–Crippen LogP) is 8.23. The molecule has 1 heterocycles. The van der Waals surface area contributed by atoms with Crippen molar-refractivity contribution < 1.29 is 13.9 Å². The molecule has 27 heavy (non-hydrogen) atoms. The monoisotopic (exact) mass is 384 g/mol. The Hall–Kier alpha value is -1.69. The van der Waals surface area contributed by atoms with Crippen molar-refractivity contribution in [3.8, 4) is 23.8 Å². The quantitative estimate of drug-likeness (QED) is 0.376. The van der Waals surface area contributed by atoms with Crippen LogP contribution < -0.4 is 9.47 Å². The number of fused-ring (bicyclic) bond motifs is 1. The molecule has 1 aliphatic heterocycles. The van der Waals surface area contributed by atoms with Gasteiger partial charge in [-0.3, -0.25) is 4.39 Å². The molecular formula is C24H45FO2. The van der Waals surface area contributed by atoms with E-state index in [1.165, 1.54) is 31.2 Å². The molecule has 1 aromatic carbocycles. The molecule has 0 unspecified atom stereocenters. The zero-order valence-corrected chi connectivity index (χ0v) is 19.5. The van der Waals surface area contributed by atoms with Crippen LogP contribution in [-0.2, 0) is 6.42 Å². The fourth-order valence-electron chi connectivity index (χ4n) is 1.86. The minimum Gasteiger partial charge on any atom is -0.454 e. The highest BCUT2D eigenvalue weighted by Crippen LogP contribution is 2.32. The summed E-state index contributed by atoms with van der Waals surface area (Å²) in [6.45, 7) is 16.7. The van der Waals surface area contributed by atoms with Gasteiger partial charge in [0, 0.05) is 6.42 Å². The maximum atomic E-state index is 9.50. The lowest BCUT2D eigenvalue weighted by Gasteiger charge is -1.99. The van der Waals surface area contributed by atoms with E-state index in [0.29, 0.717) is 14.0 Å². The van der Waals surface area contributed by atoms with Gasteiger partial charge in [0.15, 0.2) is 11.5 Å². The first-order valence-electron chi connectivity index (χ1n) is 10.5. The number of hydrogen-bond acceptors (Lipinski definition) is 2. The number of aryl methyl sites for hydroxylation is 1. The van der Waals surface area contributed by atoms with Crippen molar-refractivity contribution in [2.24, 2.45) is 0 Å². The number of halogens is 1. The number of benzene rings is 1. The molecule has 0 saturated heterocycles. The van der Waals surface area contributed by atoms with E-state index in [4.69, 9.17) is 15.9 Å². The largest absolute Gasteiger partial charge is 0.454 e. The molecule has 0 radical (unpaired) electrons. The van der Waals surface area contributed by atoms with E-state index in [9.17, 15) is 4.39 Å². The van der Waals surface area contributed by atoms with Gasteiger partial charge >= 0.3 is 0 Å². The lowest BCUT2D eigenvalue weighted by molar-refractivity contribution is 0.174. The van der Waals surface area contributed by atoms with Crippen molar-refractivity contribution in [3.05, 3.63) is 23.8 Å². The van der Waals surface area contributed by atoms with E-state index < -0.39 is 0 Å². The van der Waals surface area contributed by atoms with Gasteiger partial charge in [-0.1, -0.05) is 80.7 Å². The van der Waals surface area contributed by atoms with Crippen molar-refractivity contribution in [3.63, 3.8) is 0 Å². The zero-order valence-electron chi connectivity index (χ0n) is 19.5. The van der Waals surface area contributed by atoms with E-state index >= 15 is 0 Å². The maximum absolute atomic E-state index is 9.50. The van der Waals surface area contributed by atoms with Crippen LogP contribution in [0.4, 0.5) is 4.39 Å². The molecule has 0 saturated carbocycles. The highest BCUT2D eigenvalue weighted by Gasteiger charge is 2.12. The number of ether oxygens (including phenoxy) is 2. The van der Waals surface area contributed by atoms with Gasteiger partial charge in [0.05, 0.1) is 7.18 Å². The average molecular weight is 385 g/mol. The molecule has 2 rings (SSSR count). The van der Waals surface area contributed by atoms with Gasteiger partial charge in [0.25, 0.3) is 0 Å². The number of hydrogen-bond donors (Lipinski definition) is 0. The second-order valence-corrected chi connectivity index (χ2v) is 4.60. The van der Waals surface area contributed by atoms with Crippen LogP contribution in [0.2, 0.25) is 0 Å². The first-order chi connectivity index (χ1) is 13.3. The van der Waals surface area contributed by atoms with E-state index in [2.05, 4.69) is 31.9 Å². The van der Waals surface area contributed by atoms with Gasteiger partial charge < -0.3 is 9.47 Å². The predicted molar refractivity (Wildman–Crippen MR) is 121 cm³/mol. The Morgan fingerprint density at radius 2 is 1.44 bits per heavy atom. The van der Waals surface area contributed by atoms with Crippen molar-refractivity contribution >= 4 is 0 Å². The van der Waals surface area contributed by atoms with Gasteiger partial charge in [-0.25, -0.2) is 0 Å². The molecule has 0 amide bonds. The summed E-state index contributed by atoms with van der Waals surface area (Å²) in [6, 6.07) is 6.14. The Morgan fingerprint density at radius 1 is 0.889 bits per heavy atom. The molecule has 1 aliphatic rings. The summed E-state index contributed by atoms with van der Waals surface area (Å²) in [5.41, 5.74) is 1.32. The topological polar surface area (TPSA) is 18.5 Å². The fourth-order valence-corrected chi connectivity index (χ4v) is 1.86. The van der Waals surface area contributed by atoms with Crippen molar-refractivity contribution in [1.29, 1.82) is 0 Å². The van der Waals surface area contributed by atoms with Crippen molar-refractivity contribution in [1.82, 2.24) is 0 Å². The SMILES string of the molecule is C#CCCCCC.CC.CC.CC.CCCc1ccc2c(c1)OCO2.CF. The van der Waals surface area contributed by atoms with Crippen LogP contribution in [-0.4, -0.2) is 14.0 Å². The molecule has 2 nitrogen and oxygen atoms in total. The van der Waals surface area contributed by atoms with Crippen LogP contribution in [0, 0.1) is 12.3 Å². The molecular weight excluding hydrogens is 339 g/mol. The third kappa shape index (κ3) is 20.5. The van der Waals surface area contributed by atoms with E-state index in [1.54, 1.807) is 0 Å². The molecule has 0 bridgehead atoms. The summed E-state index contributed by atoms with van der Waals surface area (Å²) in [5, 5.41) is 0. The lowest BCUT2D eigenvalue weighted by atomic mass is 10.1. The third-order valence-corrected chi connectivity index (χ3v) is 2.90. The Morgan fingerprint density at radius 3 is 1.93 bits per heavy atom. The number of unbranched alkanes of at least 4 members (excludes halogenated alkanes) is 3. The van der Waals surface area contributed by atoms with Gasteiger partial charge in [-0.2, -0.15) is 0 Å². The molecule has 0 atom stereocenters.